The topological polar surface area (TPSA) is 55.8 Å². The summed E-state index contributed by atoms with van der Waals surface area (Å²) in [4.78, 5) is 17.6. The minimum absolute atomic E-state index is 0.0299. The van der Waals surface area contributed by atoms with Crippen LogP contribution in [0.5, 0.6) is 0 Å². The van der Waals surface area contributed by atoms with Crippen LogP contribution >= 0.6 is 0 Å². The van der Waals surface area contributed by atoms with Gasteiger partial charge in [-0.1, -0.05) is 69.3 Å². The molecule has 5 rings (SSSR count). The van der Waals surface area contributed by atoms with Crippen LogP contribution in [-0.2, 0) is 11.8 Å². The molecule has 3 atom stereocenters. The minimum atomic E-state index is -2.58. The van der Waals surface area contributed by atoms with Gasteiger partial charge in [-0.25, -0.2) is 13.2 Å². The van der Waals surface area contributed by atoms with Gasteiger partial charge >= 0.3 is 0 Å². The molecule has 0 radical (unpaired) electrons. The Morgan fingerprint density at radius 1 is 1.07 bits per heavy atom. The lowest BCUT2D eigenvalue weighted by Gasteiger charge is -2.43. The number of hydrogen-bond acceptors (Lipinski definition) is 4. The van der Waals surface area contributed by atoms with Crippen LogP contribution in [0.1, 0.15) is 91.5 Å². The fourth-order valence-corrected chi connectivity index (χ4v) is 7.05. The number of carbonyl (C=O) groups excluding carboxylic acids is 1. The van der Waals surface area contributed by atoms with Crippen LogP contribution in [0.2, 0.25) is 0 Å². The van der Waals surface area contributed by atoms with Crippen molar-refractivity contribution in [3.8, 4) is 0 Å². The summed E-state index contributed by atoms with van der Waals surface area (Å²) in [7, 11) is 0. The van der Waals surface area contributed by atoms with Crippen molar-refractivity contribution in [2.24, 2.45) is 5.92 Å². The van der Waals surface area contributed by atoms with E-state index in [-0.39, 0.29) is 41.8 Å². The summed E-state index contributed by atoms with van der Waals surface area (Å²) in [5.74, 6) is -3.52. The van der Waals surface area contributed by atoms with E-state index >= 15 is 4.39 Å². The number of rotatable bonds is 10. The Labute approximate surface area is 271 Å². The number of halogens is 3. The number of piperidine rings is 1. The number of alkyl halides is 2. The first kappa shape index (κ1) is 34.0. The Morgan fingerprint density at radius 3 is 2.48 bits per heavy atom. The van der Waals surface area contributed by atoms with Gasteiger partial charge in [0.05, 0.1) is 18.2 Å². The summed E-state index contributed by atoms with van der Waals surface area (Å²) in [5, 5.41) is 14.6. The van der Waals surface area contributed by atoms with Crippen LogP contribution in [0.25, 0.3) is 0 Å². The molecule has 3 aromatic rings. The molecular weight excluding hydrogens is 587 g/mol. The van der Waals surface area contributed by atoms with E-state index in [2.05, 4.69) is 38.2 Å². The van der Waals surface area contributed by atoms with Crippen molar-refractivity contribution in [1.82, 2.24) is 9.80 Å². The molecule has 3 aromatic carbocycles. The molecule has 2 saturated heterocycles. The van der Waals surface area contributed by atoms with E-state index in [1.165, 1.54) is 6.07 Å². The number of aliphatic hydroxyl groups excluding tert-OH is 1. The summed E-state index contributed by atoms with van der Waals surface area (Å²) >= 11 is 0. The molecule has 8 heteroatoms. The van der Waals surface area contributed by atoms with Gasteiger partial charge in [-0.05, 0) is 97.4 Å². The summed E-state index contributed by atoms with van der Waals surface area (Å²) in [6, 6.07) is 20.6. The second kappa shape index (κ2) is 14.2. The number of aliphatic hydroxyl groups is 1. The van der Waals surface area contributed by atoms with Crippen molar-refractivity contribution >= 4 is 11.6 Å². The number of nitrogens with one attached hydrogen (secondary N) is 1. The van der Waals surface area contributed by atoms with Gasteiger partial charge in [0.25, 0.3) is 11.8 Å². The smallest absolute Gasteiger partial charge is 0.261 e. The maximum atomic E-state index is 15.0. The summed E-state index contributed by atoms with van der Waals surface area (Å²) in [6.07, 6.45) is 2.61. The Morgan fingerprint density at radius 2 is 1.80 bits per heavy atom. The molecule has 0 saturated carbocycles. The zero-order valence-corrected chi connectivity index (χ0v) is 27.5. The first-order chi connectivity index (χ1) is 21.8. The van der Waals surface area contributed by atoms with E-state index in [1.54, 1.807) is 24.0 Å². The van der Waals surface area contributed by atoms with Crippen molar-refractivity contribution in [3.63, 3.8) is 0 Å². The standard InChI is InChI=1S/C38H48F3N3O2/c1-26-9-5-14-32(39)34(26)36(46)44-21-8-11-29(23-33(45)42-31-13-6-12-30(24-31)37(2,3)4)35(44)28-17-15-27(16-18-28)10-7-20-43-22-19-38(40,41)25-43/h5-6,9,12-18,24,29,33,35,42,45H,7-8,10-11,19-23,25H2,1-4H3/t29?,33?,35-/m0/s1. The molecule has 2 N–H and O–H groups in total. The molecule has 2 aliphatic heterocycles. The van der Waals surface area contributed by atoms with Crippen LogP contribution in [-0.4, -0.2) is 59.1 Å². The highest BCUT2D eigenvalue weighted by Crippen LogP contribution is 2.40. The summed E-state index contributed by atoms with van der Waals surface area (Å²) < 4.78 is 42.2. The Hall–Kier alpha value is -3.36. The molecule has 1 amide bonds. The molecule has 0 bridgehead atoms. The van der Waals surface area contributed by atoms with Crippen molar-refractivity contribution in [1.29, 1.82) is 0 Å². The second-order valence-corrected chi connectivity index (χ2v) is 14.2. The zero-order chi connectivity index (χ0) is 33.1. The quantitative estimate of drug-likeness (QED) is 0.221. The molecule has 248 valence electrons. The molecule has 0 aliphatic carbocycles. The molecule has 2 unspecified atom stereocenters. The van der Waals surface area contributed by atoms with Crippen molar-refractivity contribution < 1.29 is 23.1 Å². The van der Waals surface area contributed by atoms with Gasteiger partial charge in [-0.15, -0.1) is 0 Å². The molecule has 5 nitrogen and oxygen atoms in total. The maximum absolute atomic E-state index is 15.0. The molecular formula is C38H48F3N3O2. The molecule has 0 spiro atoms. The van der Waals surface area contributed by atoms with Gasteiger partial charge in [-0.2, -0.15) is 0 Å². The number of benzene rings is 3. The van der Waals surface area contributed by atoms with E-state index < -0.39 is 18.0 Å². The van der Waals surface area contributed by atoms with Gasteiger partial charge < -0.3 is 15.3 Å². The third-order valence-corrected chi connectivity index (χ3v) is 9.55. The average Bonchev–Trinajstić information content (AvgIpc) is 3.35. The number of amides is 1. The predicted octanol–water partition coefficient (Wildman–Crippen LogP) is 8.12. The van der Waals surface area contributed by atoms with Crippen LogP contribution in [0.15, 0.2) is 66.7 Å². The lowest BCUT2D eigenvalue weighted by atomic mass is 9.81. The van der Waals surface area contributed by atoms with E-state index in [1.807, 2.05) is 41.3 Å². The zero-order valence-electron chi connectivity index (χ0n) is 27.5. The highest BCUT2D eigenvalue weighted by atomic mass is 19.3. The predicted molar refractivity (Wildman–Crippen MR) is 178 cm³/mol. The number of carbonyl (C=O) groups is 1. The number of aryl methyl sites for hydroxylation is 2. The molecule has 46 heavy (non-hydrogen) atoms. The number of nitrogens with zero attached hydrogens (tertiary/aromatic N) is 2. The first-order valence-corrected chi connectivity index (χ1v) is 16.6. The first-order valence-electron chi connectivity index (χ1n) is 16.6. The van der Waals surface area contributed by atoms with Gasteiger partial charge in [-0.3, -0.25) is 9.69 Å². The summed E-state index contributed by atoms with van der Waals surface area (Å²) in [5.41, 5.74) is 4.70. The van der Waals surface area contributed by atoms with E-state index in [0.29, 0.717) is 31.6 Å². The van der Waals surface area contributed by atoms with Crippen LogP contribution in [0, 0.1) is 18.7 Å². The largest absolute Gasteiger partial charge is 0.374 e. The number of hydrogen-bond donors (Lipinski definition) is 2. The number of anilines is 1. The van der Waals surface area contributed by atoms with Crippen molar-refractivity contribution in [3.05, 3.63) is 100 Å². The third-order valence-electron chi connectivity index (χ3n) is 9.55. The second-order valence-electron chi connectivity index (χ2n) is 14.2. The van der Waals surface area contributed by atoms with E-state index in [9.17, 15) is 18.7 Å². The monoisotopic (exact) mass is 635 g/mol. The maximum Gasteiger partial charge on any atom is 0.261 e. The average molecular weight is 636 g/mol. The van der Waals surface area contributed by atoms with Gasteiger partial charge in [0.2, 0.25) is 0 Å². The normalized spacial score (nSPS) is 20.9. The fourth-order valence-electron chi connectivity index (χ4n) is 7.05. The number of likely N-dealkylation sites (tertiary alicyclic amines) is 2. The highest BCUT2D eigenvalue weighted by Gasteiger charge is 2.39. The molecule has 0 aromatic heterocycles. The molecule has 2 aliphatic rings. The van der Waals surface area contributed by atoms with E-state index in [4.69, 9.17) is 0 Å². The van der Waals surface area contributed by atoms with Gasteiger partial charge in [0.1, 0.15) is 12.0 Å². The van der Waals surface area contributed by atoms with Crippen LogP contribution in [0.3, 0.4) is 0 Å². The van der Waals surface area contributed by atoms with Crippen molar-refractivity contribution in [2.45, 2.75) is 89.8 Å². The molecule has 2 fully saturated rings. The van der Waals surface area contributed by atoms with Crippen LogP contribution in [0.4, 0.5) is 18.9 Å². The van der Waals surface area contributed by atoms with Crippen molar-refractivity contribution in [2.75, 3.05) is 31.5 Å². The highest BCUT2D eigenvalue weighted by molar-refractivity contribution is 5.96. The SMILES string of the molecule is Cc1cccc(F)c1C(=O)N1CCCC(CC(O)Nc2cccc(C(C)(C)C)c2)[C@@H]1c1ccc(CCCN2CCC(F)(F)C2)cc1. The third kappa shape index (κ3) is 8.31. The van der Waals surface area contributed by atoms with Gasteiger partial charge in [0.15, 0.2) is 0 Å². The fraction of sp³-hybridized carbons (Fsp3) is 0.500. The minimum Gasteiger partial charge on any atom is -0.374 e. The Balaban J connectivity index is 1.35. The van der Waals surface area contributed by atoms with E-state index in [0.717, 1.165) is 48.1 Å². The van der Waals surface area contributed by atoms with Crippen LogP contribution < -0.4 is 5.32 Å². The lowest BCUT2D eigenvalue weighted by Crippen LogP contribution is -2.44. The Kier molecular flexibility index (Phi) is 10.5. The lowest BCUT2D eigenvalue weighted by molar-refractivity contribution is 0.0121. The molecule has 2 heterocycles. The summed E-state index contributed by atoms with van der Waals surface area (Å²) in [6.45, 7) is 9.60. The van der Waals surface area contributed by atoms with Gasteiger partial charge in [0, 0.05) is 25.2 Å². The Bertz CT molecular complexity index is 1470.